The van der Waals surface area contributed by atoms with Crippen molar-refractivity contribution in [3.63, 3.8) is 0 Å². The molecule has 7 nitrogen and oxygen atoms in total. The van der Waals surface area contributed by atoms with E-state index in [1.165, 1.54) is 0 Å². The van der Waals surface area contributed by atoms with Crippen molar-refractivity contribution in [1.29, 1.82) is 0 Å². The predicted octanol–water partition coefficient (Wildman–Crippen LogP) is 5.76. The average molecular weight is 502 g/mol. The normalized spacial score (nSPS) is 10.8. The van der Waals surface area contributed by atoms with Crippen molar-refractivity contribution in [2.75, 3.05) is 47.1 Å². The molecule has 0 fully saturated rings. The van der Waals surface area contributed by atoms with E-state index in [9.17, 15) is 4.79 Å². The lowest BCUT2D eigenvalue weighted by atomic mass is 10.2. The number of para-hydroxylation sites is 4. The van der Waals surface area contributed by atoms with Crippen LogP contribution in [0.15, 0.2) is 48.5 Å². The summed E-state index contributed by atoms with van der Waals surface area (Å²) < 4.78 is 28.8. The highest BCUT2D eigenvalue weighted by Gasteiger charge is 2.19. The van der Waals surface area contributed by atoms with Crippen LogP contribution in [0.5, 0.6) is 23.0 Å². The quantitative estimate of drug-likeness (QED) is 0.228. The van der Waals surface area contributed by atoms with Crippen molar-refractivity contribution < 1.29 is 28.5 Å². The monoisotopic (exact) mass is 501 g/mol. The molecule has 0 saturated carbocycles. The van der Waals surface area contributed by atoms with E-state index < -0.39 is 6.10 Å². The number of benzene rings is 2. The molecule has 0 bridgehead atoms. The van der Waals surface area contributed by atoms with Gasteiger partial charge in [0.1, 0.15) is 25.9 Å². The number of ether oxygens (including phenoxy) is 5. The largest absolute Gasteiger partial charge is 0.493 e. The van der Waals surface area contributed by atoms with Gasteiger partial charge in [-0.05, 0) is 37.1 Å². The van der Waals surface area contributed by atoms with Crippen molar-refractivity contribution >= 4 is 5.91 Å². The van der Waals surface area contributed by atoms with Gasteiger partial charge in [-0.1, -0.05) is 63.8 Å². The van der Waals surface area contributed by atoms with Crippen molar-refractivity contribution in [1.82, 2.24) is 4.90 Å². The van der Waals surface area contributed by atoms with Crippen LogP contribution in [-0.4, -0.2) is 64.0 Å². The second-order valence-corrected chi connectivity index (χ2v) is 8.65. The number of amides is 1. The van der Waals surface area contributed by atoms with Crippen molar-refractivity contribution in [3.8, 4) is 23.0 Å². The molecule has 2 aromatic rings. The van der Waals surface area contributed by atoms with E-state index in [2.05, 4.69) is 13.8 Å². The van der Waals surface area contributed by atoms with Gasteiger partial charge in [0.2, 0.25) is 5.91 Å². The first-order valence-corrected chi connectivity index (χ1v) is 13.0. The highest BCUT2D eigenvalue weighted by atomic mass is 16.6. The zero-order valence-corrected chi connectivity index (χ0v) is 22.4. The molecule has 0 aliphatic rings. The Labute approximate surface area is 216 Å². The van der Waals surface area contributed by atoms with Crippen molar-refractivity contribution in [3.05, 3.63) is 48.5 Å². The maximum absolute atomic E-state index is 13.1. The number of carbonyl (C=O) groups excluding carboxylic acids is 1. The first kappa shape index (κ1) is 29.3. The smallest absolute Gasteiger partial charge is 0.248 e. The van der Waals surface area contributed by atoms with Crippen LogP contribution in [0.25, 0.3) is 0 Å². The van der Waals surface area contributed by atoms with Gasteiger partial charge in [0.25, 0.3) is 0 Å². The second-order valence-electron chi connectivity index (χ2n) is 8.65. The van der Waals surface area contributed by atoms with Gasteiger partial charge in [0, 0.05) is 13.1 Å². The zero-order chi connectivity index (χ0) is 26.0. The number of rotatable bonds is 19. The van der Waals surface area contributed by atoms with E-state index in [-0.39, 0.29) is 25.7 Å². The minimum Gasteiger partial charge on any atom is -0.493 e. The summed E-state index contributed by atoms with van der Waals surface area (Å²) in [5, 5.41) is 0. The Morgan fingerprint density at radius 1 is 0.722 bits per heavy atom. The van der Waals surface area contributed by atoms with E-state index >= 15 is 0 Å². The average Bonchev–Trinajstić information content (AvgIpc) is 2.92. The van der Waals surface area contributed by atoms with Crippen LogP contribution in [0.4, 0.5) is 0 Å². The van der Waals surface area contributed by atoms with Gasteiger partial charge in [-0.25, -0.2) is 0 Å². The summed E-state index contributed by atoms with van der Waals surface area (Å²) in [4.78, 5) is 15.0. The molecule has 0 aliphatic heterocycles. The molecule has 7 heteroatoms. The SMILES string of the molecule is CCCCCN(CCCCC)C(=O)COC(COc1ccccc1OC)COc1ccccc1OC. The topological polar surface area (TPSA) is 66.5 Å². The van der Waals surface area contributed by atoms with Gasteiger partial charge < -0.3 is 28.6 Å². The molecule has 0 N–H and O–H groups in total. The molecule has 36 heavy (non-hydrogen) atoms. The van der Waals surface area contributed by atoms with Crippen LogP contribution < -0.4 is 18.9 Å². The van der Waals surface area contributed by atoms with E-state index in [0.29, 0.717) is 23.0 Å². The summed E-state index contributed by atoms with van der Waals surface area (Å²) in [5.74, 6) is 2.49. The molecule has 2 rings (SSSR count). The van der Waals surface area contributed by atoms with Crippen LogP contribution in [-0.2, 0) is 9.53 Å². The number of nitrogens with zero attached hydrogens (tertiary/aromatic N) is 1. The number of carbonyl (C=O) groups is 1. The molecule has 0 radical (unpaired) electrons. The van der Waals surface area contributed by atoms with Crippen LogP contribution >= 0.6 is 0 Å². The van der Waals surface area contributed by atoms with Crippen LogP contribution in [0.3, 0.4) is 0 Å². The maximum Gasteiger partial charge on any atom is 0.248 e. The minimum absolute atomic E-state index is 0.00166. The fraction of sp³-hybridized carbons (Fsp3) is 0.552. The maximum atomic E-state index is 13.1. The van der Waals surface area contributed by atoms with Gasteiger partial charge in [0.05, 0.1) is 14.2 Å². The molecule has 200 valence electrons. The Kier molecular flexibility index (Phi) is 14.2. The van der Waals surface area contributed by atoms with Crippen LogP contribution in [0.1, 0.15) is 52.4 Å². The third-order valence-corrected chi connectivity index (χ3v) is 5.85. The van der Waals surface area contributed by atoms with E-state index in [1.807, 2.05) is 53.4 Å². The molecular formula is C29H43NO6. The predicted molar refractivity (Wildman–Crippen MR) is 142 cm³/mol. The van der Waals surface area contributed by atoms with E-state index in [0.717, 1.165) is 51.6 Å². The Bertz CT molecular complexity index is 813. The summed E-state index contributed by atoms with van der Waals surface area (Å²) in [6, 6.07) is 14.9. The van der Waals surface area contributed by atoms with Gasteiger partial charge in [-0.2, -0.15) is 0 Å². The third-order valence-electron chi connectivity index (χ3n) is 5.85. The molecule has 0 unspecified atom stereocenters. The number of methoxy groups -OCH3 is 2. The molecule has 2 aromatic carbocycles. The molecule has 0 aliphatic carbocycles. The highest BCUT2D eigenvalue weighted by molar-refractivity contribution is 5.77. The Hall–Kier alpha value is -2.93. The minimum atomic E-state index is -0.475. The summed E-state index contributed by atoms with van der Waals surface area (Å²) in [5.41, 5.74) is 0. The highest BCUT2D eigenvalue weighted by Crippen LogP contribution is 2.27. The molecule has 0 atom stereocenters. The summed E-state index contributed by atoms with van der Waals surface area (Å²) in [6.45, 7) is 6.25. The molecule has 0 saturated heterocycles. The second kappa shape index (κ2) is 17.5. The molecule has 0 spiro atoms. The van der Waals surface area contributed by atoms with Gasteiger partial charge in [-0.15, -0.1) is 0 Å². The lowest BCUT2D eigenvalue weighted by Crippen LogP contribution is -2.38. The summed E-state index contributed by atoms with van der Waals surface area (Å²) in [7, 11) is 3.20. The zero-order valence-electron chi connectivity index (χ0n) is 22.4. The molecular weight excluding hydrogens is 458 g/mol. The van der Waals surface area contributed by atoms with Crippen LogP contribution in [0, 0.1) is 0 Å². The van der Waals surface area contributed by atoms with Gasteiger partial charge >= 0.3 is 0 Å². The van der Waals surface area contributed by atoms with Gasteiger partial charge in [0.15, 0.2) is 23.0 Å². The van der Waals surface area contributed by atoms with Crippen LogP contribution in [0.2, 0.25) is 0 Å². The van der Waals surface area contributed by atoms with E-state index in [1.54, 1.807) is 14.2 Å². The van der Waals surface area contributed by atoms with Gasteiger partial charge in [-0.3, -0.25) is 4.79 Å². The Morgan fingerprint density at radius 3 is 1.58 bits per heavy atom. The fourth-order valence-electron chi connectivity index (χ4n) is 3.73. The summed E-state index contributed by atoms with van der Waals surface area (Å²) >= 11 is 0. The molecule has 1 amide bonds. The first-order valence-electron chi connectivity index (χ1n) is 13.0. The number of unbranched alkanes of at least 4 members (excludes halogenated alkanes) is 4. The molecule has 0 aromatic heterocycles. The van der Waals surface area contributed by atoms with Crippen molar-refractivity contribution in [2.45, 2.75) is 58.5 Å². The third kappa shape index (κ3) is 10.4. The van der Waals surface area contributed by atoms with E-state index in [4.69, 9.17) is 23.7 Å². The lowest BCUT2D eigenvalue weighted by molar-refractivity contribution is -0.139. The number of hydrogen-bond donors (Lipinski definition) is 0. The lowest BCUT2D eigenvalue weighted by Gasteiger charge is -2.25. The van der Waals surface area contributed by atoms with Crippen molar-refractivity contribution in [2.24, 2.45) is 0 Å². The number of hydrogen-bond acceptors (Lipinski definition) is 6. The fourth-order valence-corrected chi connectivity index (χ4v) is 3.73. The molecule has 0 heterocycles. The standard InChI is InChI=1S/C29H43NO6/c1-5-7-13-19-30(20-14-8-6-2)29(31)23-34-24(21-35-27-17-11-9-15-25(27)32-3)22-36-28-18-12-10-16-26(28)33-4/h9-12,15-18,24H,5-8,13-14,19-23H2,1-4H3. The Morgan fingerprint density at radius 2 is 1.17 bits per heavy atom. The summed E-state index contributed by atoms with van der Waals surface area (Å²) in [6.07, 6.45) is 6.00. The first-order chi connectivity index (χ1) is 17.6. The Balaban J connectivity index is 2.04.